The summed E-state index contributed by atoms with van der Waals surface area (Å²) in [6.45, 7) is 0.483. The highest BCUT2D eigenvalue weighted by atomic mass is 32.2. The molecule has 0 bridgehead atoms. The van der Waals surface area contributed by atoms with E-state index in [1.807, 2.05) is 6.26 Å². The molecule has 0 spiro atoms. The zero-order valence-electron chi connectivity index (χ0n) is 16.4. The molecule has 2 aromatic rings. The molecule has 1 saturated carbocycles. The largest absolute Gasteiger partial charge is 0.481 e. The molecular weight excluding hydrogens is 392 g/mol. The van der Waals surface area contributed by atoms with Gasteiger partial charge >= 0.3 is 5.97 Å². The van der Waals surface area contributed by atoms with Gasteiger partial charge in [-0.15, -0.1) is 5.10 Å². The van der Waals surface area contributed by atoms with Gasteiger partial charge in [0.15, 0.2) is 0 Å². The van der Waals surface area contributed by atoms with Gasteiger partial charge in [-0.25, -0.2) is 0 Å². The number of carboxylic acid groups (broad SMARTS) is 1. The number of carbonyl (C=O) groups is 2. The lowest BCUT2D eigenvalue weighted by molar-refractivity contribution is -0.143. The average Bonchev–Trinajstić information content (AvgIpc) is 2.74. The van der Waals surface area contributed by atoms with Crippen LogP contribution in [0.15, 0.2) is 29.1 Å². The summed E-state index contributed by atoms with van der Waals surface area (Å²) in [5.74, 6) is -0.286. The van der Waals surface area contributed by atoms with Gasteiger partial charge in [-0.05, 0) is 62.2 Å². The van der Waals surface area contributed by atoms with Crippen LogP contribution < -0.4 is 10.9 Å². The second-order valence-electron chi connectivity index (χ2n) is 7.45. The van der Waals surface area contributed by atoms with Crippen LogP contribution in [0.4, 0.5) is 0 Å². The van der Waals surface area contributed by atoms with E-state index in [4.69, 9.17) is 5.11 Å². The molecule has 1 unspecified atom stereocenters. The number of aliphatic carboxylic acids is 1. The number of rotatable bonds is 8. The smallest absolute Gasteiger partial charge is 0.306 e. The Kier molecular flexibility index (Phi) is 7.24. The number of aromatic nitrogens is 3. The van der Waals surface area contributed by atoms with Crippen LogP contribution >= 0.6 is 11.8 Å². The normalized spacial score (nSPS) is 20.3. The van der Waals surface area contributed by atoms with Crippen molar-refractivity contribution in [3.63, 3.8) is 0 Å². The van der Waals surface area contributed by atoms with Crippen LogP contribution in [-0.2, 0) is 9.59 Å². The third-order valence-electron chi connectivity index (χ3n) is 5.55. The van der Waals surface area contributed by atoms with E-state index in [9.17, 15) is 14.4 Å². The van der Waals surface area contributed by atoms with Gasteiger partial charge in [-0.1, -0.05) is 17.3 Å². The lowest BCUT2D eigenvalue weighted by Crippen LogP contribution is -2.41. The SMILES string of the molecule is CSCCC(C(=O)NCC1CCC(C(=O)O)CC1)n1nnc2ccccc2c1=O. The summed E-state index contributed by atoms with van der Waals surface area (Å²) < 4.78 is 1.19. The minimum atomic E-state index is -0.737. The third-order valence-corrected chi connectivity index (χ3v) is 6.19. The Balaban J connectivity index is 1.70. The van der Waals surface area contributed by atoms with Crippen LogP contribution in [0.3, 0.4) is 0 Å². The Morgan fingerprint density at radius 2 is 2.00 bits per heavy atom. The van der Waals surface area contributed by atoms with E-state index in [1.165, 1.54) is 4.68 Å². The summed E-state index contributed by atoms with van der Waals surface area (Å²) in [4.78, 5) is 36.9. The van der Waals surface area contributed by atoms with Gasteiger partial charge in [0.25, 0.3) is 5.56 Å². The van der Waals surface area contributed by atoms with Crippen molar-refractivity contribution in [2.75, 3.05) is 18.6 Å². The summed E-state index contributed by atoms with van der Waals surface area (Å²) in [5, 5.41) is 20.6. The topological polar surface area (TPSA) is 114 Å². The van der Waals surface area contributed by atoms with Crippen LogP contribution in [0.5, 0.6) is 0 Å². The molecule has 0 saturated heterocycles. The van der Waals surface area contributed by atoms with Gasteiger partial charge < -0.3 is 10.4 Å². The van der Waals surface area contributed by atoms with Crippen molar-refractivity contribution < 1.29 is 14.7 Å². The van der Waals surface area contributed by atoms with E-state index in [2.05, 4.69) is 15.6 Å². The Morgan fingerprint density at radius 3 is 2.69 bits per heavy atom. The predicted molar refractivity (Wildman–Crippen MR) is 112 cm³/mol. The van der Waals surface area contributed by atoms with Crippen molar-refractivity contribution in [3.05, 3.63) is 34.6 Å². The maximum Gasteiger partial charge on any atom is 0.306 e. The first-order valence-corrected chi connectivity index (χ1v) is 11.2. The molecule has 29 heavy (non-hydrogen) atoms. The number of nitrogens with zero attached hydrogens (tertiary/aromatic N) is 3. The van der Waals surface area contributed by atoms with E-state index < -0.39 is 12.0 Å². The van der Waals surface area contributed by atoms with Gasteiger partial charge in [0.2, 0.25) is 5.91 Å². The fourth-order valence-electron chi connectivity index (χ4n) is 3.78. The Morgan fingerprint density at radius 1 is 1.28 bits per heavy atom. The monoisotopic (exact) mass is 418 g/mol. The molecule has 1 heterocycles. The van der Waals surface area contributed by atoms with Crippen LogP contribution in [-0.4, -0.2) is 50.5 Å². The van der Waals surface area contributed by atoms with Gasteiger partial charge in [-0.2, -0.15) is 16.4 Å². The summed E-state index contributed by atoms with van der Waals surface area (Å²) in [7, 11) is 0. The second kappa shape index (κ2) is 9.87. The number of nitrogens with one attached hydrogen (secondary N) is 1. The lowest BCUT2D eigenvalue weighted by atomic mass is 9.82. The molecule has 1 aromatic carbocycles. The Labute approximate surface area is 173 Å². The maximum atomic E-state index is 12.9. The average molecular weight is 419 g/mol. The molecule has 1 aliphatic carbocycles. The highest BCUT2D eigenvalue weighted by Gasteiger charge is 2.28. The standard InChI is InChI=1S/C20H26N4O4S/c1-29-11-10-17(24-19(26)15-4-2-3-5-16(15)22-23-24)18(25)21-12-13-6-8-14(9-7-13)20(27)28/h2-5,13-14,17H,6-12H2,1H3,(H,21,25)(H,27,28). The molecule has 1 atom stereocenters. The number of amides is 1. The first kappa shape index (κ1) is 21.3. The Bertz CT molecular complexity index is 924. The fraction of sp³-hybridized carbons (Fsp3) is 0.550. The molecule has 8 nitrogen and oxygen atoms in total. The van der Waals surface area contributed by atoms with Crippen molar-refractivity contribution in [1.82, 2.24) is 20.3 Å². The molecule has 1 aliphatic rings. The van der Waals surface area contributed by atoms with Gasteiger partial charge in [0.05, 0.1) is 11.3 Å². The molecule has 0 aliphatic heterocycles. The first-order valence-electron chi connectivity index (χ1n) is 9.85. The molecule has 0 radical (unpaired) electrons. The molecule has 156 valence electrons. The number of fused-ring (bicyclic) bond motifs is 1. The summed E-state index contributed by atoms with van der Waals surface area (Å²) in [6, 6.07) is 6.24. The number of carboxylic acids is 1. The second-order valence-corrected chi connectivity index (χ2v) is 8.44. The number of thioether (sulfide) groups is 1. The summed E-state index contributed by atoms with van der Waals surface area (Å²) >= 11 is 1.60. The van der Waals surface area contributed by atoms with Crippen molar-refractivity contribution in [3.8, 4) is 0 Å². The number of hydrogen-bond acceptors (Lipinski definition) is 6. The van der Waals surface area contributed by atoms with Gasteiger partial charge in [0.1, 0.15) is 11.6 Å². The van der Waals surface area contributed by atoms with Gasteiger partial charge in [0, 0.05) is 6.54 Å². The quantitative estimate of drug-likeness (QED) is 0.675. The molecule has 1 fully saturated rings. The van der Waals surface area contributed by atoms with E-state index >= 15 is 0 Å². The number of benzene rings is 1. The molecule has 1 amide bonds. The zero-order valence-corrected chi connectivity index (χ0v) is 17.2. The highest BCUT2D eigenvalue weighted by Crippen LogP contribution is 2.28. The van der Waals surface area contributed by atoms with Crippen molar-refractivity contribution in [1.29, 1.82) is 0 Å². The molecule has 9 heteroatoms. The summed E-state index contributed by atoms with van der Waals surface area (Å²) in [5.41, 5.74) is 0.187. The molecular formula is C20H26N4O4S. The van der Waals surface area contributed by atoms with E-state index in [0.29, 0.717) is 42.5 Å². The van der Waals surface area contributed by atoms with Crippen LogP contribution in [0.2, 0.25) is 0 Å². The minimum absolute atomic E-state index is 0.244. The lowest BCUT2D eigenvalue weighted by Gasteiger charge is -2.27. The predicted octanol–water partition coefficient (Wildman–Crippen LogP) is 2.09. The third kappa shape index (κ3) is 5.14. The van der Waals surface area contributed by atoms with Crippen molar-refractivity contribution in [2.45, 2.75) is 38.1 Å². The maximum absolute atomic E-state index is 12.9. The zero-order chi connectivity index (χ0) is 20.8. The first-order chi connectivity index (χ1) is 14.0. The van der Waals surface area contributed by atoms with E-state index in [1.54, 1.807) is 36.0 Å². The number of carbonyl (C=O) groups excluding carboxylic acids is 1. The highest BCUT2D eigenvalue weighted by molar-refractivity contribution is 7.98. The van der Waals surface area contributed by atoms with E-state index in [-0.39, 0.29) is 23.3 Å². The molecule has 1 aromatic heterocycles. The molecule has 3 rings (SSSR count). The van der Waals surface area contributed by atoms with Crippen LogP contribution in [0.1, 0.15) is 38.1 Å². The number of hydrogen-bond donors (Lipinski definition) is 2. The van der Waals surface area contributed by atoms with Crippen LogP contribution in [0.25, 0.3) is 10.9 Å². The van der Waals surface area contributed by atoms with Crippen molar-refractivity contribution in [2.24, 2.45) is 11.8 Å². The van der Waals surface area contributed by atoms with E-state index in [0.717, 1.165) is 12.8 Å². The Hall–Kier alpha value is -2.42. The molecule has 2 N–H and O–H groups in total. The van der Waals surface area contributed by atoms with Crippen molar-refractivity contribution >= 4 is 34.5 Å². The van der Waals surface area contributed by atoms with Crippen LogP contribution in [0, 0.1) is 11.8 Å². The van der Waals surface area contributed by atoms with Gasteiger partial charge in [-0.3, -0.25) is 14.4 Å². The minimum Gasteiger partial charge on any atom is -0.481 e. The summed E-state index contributed by atoms with van der Waals surface area (Å²) in [6.07, 6.45) is 5.27. The fourth-order valence-corrected chi connectivity index (χ4v) is 4.24.